The van der Waals surface area contributed by atoms with Crippen LogP contribution in [0.15, 0.2) is 35.5 Å². The largest absolute Gasteiger partial charge is 0.494 e. The first-order chi connectivity index (χ1) is 12.1. The number of hydrogen-bond acceptors (Lipinski definition) is 5. The lowest BCUT2D eigenvalue weighted by molar-refractivity contribution is -0.141. The van der Waals surface area contributed by atoms with E-state index >= 15 is 0 Å². The van der Waals surface area contributed by atoms with Crippen LogP contribution in [0.3, 0.4) is 0 Å². The molecule has 1 atom stereocenters. The number of nitrogens with one attached hydrogen (secondary N) is 1. The van der Waals surface area contributed by atoms with Gasteiger partial charge in [-0.15, -0.1) is 0 Å². The molecule has 0 bridgehead atoms. The molecule has 1 N–H and O–H groups in total. The predicted molar refractivity (Wildman–Crippen MR) is 93.3 cm³/mol. The molecule has 1 amide bonds. The molecule has 1 heterocycles. The first-order valence-electron chi connectivity index (χ1n) is 8.55. The van der Waals surface area contributed by atoms with Crippen molar-refractivity contribution in [1.29, 1.82) is 0 Å². The maximum Gasteiger partial charge on any atom is 0.336 e. The van der Waals surface area contributed by atoms with Crippen molar-refractivity contribution in [2.24, 2.45) is 0 Å². The lowest BCUT2D eigenvalue weighted by Crippen LogP contribution is -2.34. The van der Waals surface area contributed by atoms with Crippen LogP contribution in [0, 0.1) is 0 Å². The van der Waals surface area contributed by atoms with Gasteiger partial charge in [0.15, 0.2) is 0 Å². The van der Waals surface area contributed by atoms with Crippen molar-refractivity contribution in [1.82, 2.24) is 5.32 Å². The van der Waals surface area contributed by atoms with Crippen molar-refractivity contribution < 1.29 is 23.8 Å². The standard InChI is InChI=1S/C19H25NO5/c1-4-23-10-11-25-19(22)18-13(3)20-17(21)12-15(18)14-8-6-7-9-16(14)24-5-2/h6-9,15H,4-5,10-12H2,1-3H3,(H,20,21)/t15-/m1/s1. The summed E-state index contributed by atoms with van der Waals surface area (Å²) in [4.78, 5) is 24.6. The van der Waals surface area contributed by atoms with E-state index in [-0.39, 0.29) is 18.9 Å². The highest BCUT2D eigenvalue weighted by Gasteiger charge is 2.34. The van der Waals surface area contributed by atoms with Gasteiger partial charge >= 0.3 is 5.97 Å². The molecule has 0 aliphatic carbocycles. The molecule has 1 aliphatic rings. The number of ether oxygens (including phenoxy) is 3. The third-order valence-corrected chi connectivity index (χ3v) is 3.95. The zero-order valence-corrected chi connectivity index (χ0v) is 15.0. The van der Waals surface area contributed by atoms with E-state index < -0.39 is 11.9 Å². The first kappa shape index (κ1) is 19.0. The first-order valence-corrected chi connectivity index (χ1v) is 8.55. The van der Waals surface area contributed by atoms with Gasteiger partial charge in [0.05, 0.1) is 18.8 Å². The number of carbonyl (C=O) groups is 2. The molecule has 6 nitrogen and oxygen atoms in total. The summed E-state index contributed by atoms with van der Waals surface area (Å²) in [6.45, 7) is 7.09. The van der Waals surface area contributed by atoms with Crippen LogP contribution in [0.2, 0.25) is 0 Å². The maximum absolute atomic E-state index is 12.6. The molecule has 1 aromatic carbocycles. The minimum absolute atomic E-state index is 0.125. The van der Waals surface area contributed by atoms with Crippen molar-refractivity contribution in [2.75, 3.05) is 26.4 Å². The Balaban J connectivity index is 2.29. The van der Waals surface area contributed by atoms with Gasteiger partial charge in [-0.1, -0.05) is 18.2 Å². The quantitative estimate of drug-likeness (QED) is 0.578. The number of rotatable bonds is 8. The molecule has 0 aromatic heterocycles. The monoisotopic (exact) mass is 347 g/mol. The summed E-state index contributed by atoms with van der Waals surface area (Å²) in [7, 11) is 0. The second-order valence-corrected chi connectivity index (χ2v) is 5.65. The van der Waals surface area contributed by atoms with E-state index in [0.29, 0.717) is 36.8 Å². The van der Waals surface area contributed by atoms with Crippen LogP contribution in [-0.2, 0) is 19.1 Å². The summed E-state index contributed by atoms with van der Waals surface area (Å²) in [6, 6.07) is 7.47. The van der Waals surface area contributed by atoms with Crippen LogP contribution in [0.25, 0.3) is 0 Å². The van der Waals surface area contributed by atoms with Gasteiger partial charge in [-0.25, -0.2) is 4.79 Å². The molecule has 1 aromatic rings. The maximum atomic E-state index is 12.6. The molecule has 0 saturated carbocycles. The van der Waals surface area contributed by atoms with Gasteiger partial charge in [0.1, 0.15) is 12.4 Å². The van der Waals surface area contributed by atoms with Crippen molar-refractivity contribution in [2.45, 2.75) is 33.1 Å². The van der Waals surface area contributed by atoms with Crippen LogP contribution < -0.4 is 10.1 Å². The van der Waals surface area contributed by atoms with Crippen LogP contribution in [0.5, 0.6) is 5.75 Å². The van der Waals surface area contributed by atoms with Gasteiger partial charge in [0.25, 0.3) is 0 Å². The number of carbonyl (C=O) groups excluding carboxylic acids is 2. The van der Waals surface area contributed by atoms with E-state index in [1.165, 1.54) is 0 Å². The topological polar surface area (TPSA) is 73.9 Å². The van der Waals surface area contributed by atoms with Crippen molar-refractivity contribution in [3.05, 3.63) is 41.1 Å². The van der Waals surface area contributed by atoms with Crippen molar-refractivity contribution in [3.63, 3.8) is 0 Å². The summed E-state index contributed by atoms with van der Waals surface area (Å²) < 4.78 is 16.2. The molecule has 0 radical (unpaired) electrons. The summed E-state index contributed by atoms with van der Waals surface area (Å²) in [5.74, 6) is -0.276. The molecular formula is C19H25NO5. The summed E-state index contributed by atoms with van der Waals surface area (Å²) in [6.07, 6.45) is 0.178. The lowest BCUT2D eigenvalue weighted by atomic mass is 9.84. The fourth-order valence-corrected chi connectivity index (χ4v) is 2.91. The Morgan fingerprint density at radius 3 is 2.68 bits per heavy atom. The Hall–Kier alpha value is -2.34. The van der Waals surface area contributed by atoms with E-state index in [4.69, 9.17) is 14.2 Å². The molecular weight excluding hydrogens is 322 g/mol. The van der Waals surface area contributed by atoms with Crippen molar-refractivity contribution in [3.8, 4) is 5.75 Å². The Morgan fingerprint density at radius 1 is 1.20 bits per heavy atom. The number of allylic oxidation sites excluding steroid dienone is 1. The summed E-state index contributed by atoms with van der Waals surface area (Å²) >= 11 is 0. The van der Waals surface area contributed by atoms with Gasteiger partial charge < -0.3 is 19.5 Å². The molecule has 0 saturated heterocycles. The third kappa shape index (κ3) is 4.82. The summed E-state index contributed by atoms with van der Waals surface area (Å²) in [5.41, 5.74) is 1.80. The minimum atomic E-state index is -0.437. The summed E-state index contributed by atoms with van der Waals surface area (Å²) in [5, 5.41) is 2.73. The highest BCUT2D eigenvalue weighted by atomic mass is 16.6. The smallest absolute Gasteiger partial charge is 0.336 e. The average molecular weight is 347 g/mol. The van der Waals surface area contributed by atoms with Crippen molar-refractivity contribution >= 4 is 11.9 Å². The molecule has 1 aliphatic heterocycles. The normalized spacial score (nSPS) is 17.2. The van der Waals surface area contributed by atoms with Gasteiger partial charge in [0.2, 0.25) is 5.91 Å². The molecule has 136 valence electrons. The second-order valence-electron chi connectivity index (χ2n) is 5.65. The Morgan fingerprint density at radius 2 is 1.96 bits per heavy atom. The Kier molecular flexibility index (Phi) is 7.01. The van der Waals surface area contributed by atoms with Crippen LogP contribution in [0.1, 0.15) is 38.7 Å². The molecule has 0 spiro atoms. The van der Waals surface area contributed by atoms with Gasteiger partial charge in [-0.3, -0.25) is 4.79 Å². The fourth-order valence-electron chi connectivity index (χ4n) is 2.91. The van der Waals surface area contributed by atoms with Crippen LogP contribution >= 0.6 is 0 Å². The fraction of sp³-hybridized carbons (Fsp3) is 0.474. The SMILES string of the molecule is CCOCCOC(=O)C1=C(C)NC(=O)C[C@@H]1c1ccccc1OCC. The average Bonchev–Trinajstić information content (AvgIpc) is 2.58. The molecule has 6 heteroatoms. The van der Waals surface area contributed by atoms with Crippen LogP contribution in [0.4, 0.5) is 0 Å². The number of para-hydroxylation sites is 1. The second kappa shape index (κ2) is 9.22. The van der Waals surface area contributed by atoms with Gasteiger partial charge in [-0.05, 0) is 26.8 Å². The highest BCUT2D eigenvalue weighted by molar-refractivity contribution is 5.96. The number of esters is 1. The van der Waals surface area contributed by atoms with E-state index in [0.717, 1.165) is 5.56 Å². The number of benzene rings is 1. The molecule has 0 unspecified atom stereocenters. The molecule has 0 fully saturated rings. The van der Waals surface area contributed by atoms with E-state index in [9.17, 15) is 9.59 Å². The molecule has 25 heavy (non-hydrogen) atoms. The zero-order valence-electron chi connectivity index (χ0n) is 15.0. The number of amides is 1. The third-order valence-electron chi connectivity index (χ3n) is 3.95. The Bertz CT molecular complexity index is 653. The highest BCUT2D eigenvalue weighted by Crippen LogP contribution is 2.38. The van der Waals surface area contributed by atoms with E-state index in [1.54, 1.807) is 6.92 Å². The minimum Gasteiger partial charge on any atom is -0.494 e. The predicted octanol–water partition coefficient (Wildman–Crippen LogP) is 2.54. The van der Waals surface area contributed by atoms with E-state index in [1.807, 2.05) is 38.1 Å². The van der Waals surface area contributed by atoms with E-state index in [2.05, 4.69) is 5.32 Å². The van der Waals surface area contributed by atoms with Gasteiger partial charge in [0, 0.05) is 30.2 Å². The number of hydrogen-bond donors (Lipinski definition) is 1. The zero-order chi connectivity index (χ0) is 18.2. The van der Waals surface area contributed by atoms with Crippen LogP contribution in [-0.4, -0.2) is 38.3 Å². The molecule has 2 rings (SSSR count). The van der Waals surface area contributed by atoms with Gasteiger partial charge in [-0.2, -0.15) is 0 Å². The lowest BCUT2D eigenvalue weighted by Gasteiger charge is -2.27. The Labute approximate surface area is 148 Å².